The van der Waals surface area contributed by atoms with Crippen molar-refractivity contribution in [3.05, 3.63) is 30.3 Å². The van der Waals surface area contributed by atoms with Crippen molar-refractivity contribution in [3.63, 3.8) is 0 Å². The molecule has 0 aromatic heterocycles. The predicted octanol–water partition coefficient (Wildman–Crippen LogP) is 2.40. The van der Waals surface area contributed by atoms with Crippen molar-refractivity contribution in [2.75, 3.05) is 6.61 Å². The quantitative estimate of drug-likeness (QED) is 0.586. The highest BCUT2D eigenvalue weighted by atomic mass is 32.1. The molecular weight excluding hydrogens is 396 g/mol. The van der Waals surface area contributed by atoms with Gasteiger partial charge in [0.2, 0.25) is 0 Å². The summed E-state index contributed by atoms with van der Waals surface area (Å²) in [6.07, 6.45) is 1.40. The third-order valence-corrected chi connectivity index (χ3v) is 4.72. The van der Waals surface area contributed by atoms with Gasteiger partial charge in [-0.3, -0.25) is 0 Å². The van der Waals surface area contributed by atoms with Crippen LogP contribution in [0, 0.1) is 12.3 Å². The van der Waals surface area contributed by atoms with Gasteiger partial charge in [-0.05, 0) is 39.8 Å². The van der Waals surface area contributed by atoms with E-state index in [0.717, 1.165) is 0 Å². The lowest BCUT2D eigenvalue weighted by Gasteiger charge is -2.43. The summed E-state index contributed by atoms with van der Waals surface area (Å²) in [6.45, 7) is 7.22. The molecule has 1 N–H and O–H groups in total. The molecule has 0 radical (unpaired) electrons. The van der Waals surface area contributed by atoms with Gasteiger partial charge in [0.15, 0.2) is 17.7 Å². The van der Waals surface area contributed by atoms with Crippen LogP contribution in [0.1, 0.15) is 27.7 Å². The molecule has 2 heterocycles. The van der Waals surface area contributed by atoms with E-state index < -0.39 is 42.1 Å². The summed E-state index contributed by atoms with van der Waals surface area (Å²) < 4.78 is 35.1. The molecule has 29 heavy (non-hydrogen) atoms. The van der Waals surface area contributed by atoms with Crippen LogP contribution in [0.25, 0.3) is 0 Å². The number of aliphatic hydroxyl groups excluding tert-OH is 1. The summed E-state index contributed by atoms with van der Waals surface area (Å²) in [4.78, 5) is 0. The minimum atomic E-state index is -1.18. The number of terminal acetylenes is 1. The highest BCUT2D eigenvalue weighted by Crippen LogP contribution is 2.37. The highest BCUT2D eigenvalue weighted by Gasteiger charge is 2.54. The second-order valence-corrected chi connectivity index (χ2v) is 8.12. The second-order valence-electron chi connectivity index (χ2n) is 7.79. The molecule has 5 atom stereocenters. The maximum atomic E-state index is 10.3. The van der Waals surface area contributed by atoms with Crippen LogP contribution in [0.3, 0.4) is 0 Å². The number of hydrogen-bond acceptors (Lipinski definition) is 8. The van der Waals surface area contributed by atoms with Crippen molar-refractivity contribution in [3.8, 4) is 18.1 Å². The summed E-state index contributed by atoms with van der Waals surface area (Å²) in [5.41, 5.74) is 0. The molecule has 2 fully saturated rings. The first kappa shape index (κ1) is 22.0. The van der Waals surface area contributed by atoms with Gasteiger partial charge in [0, 0.05) is 12.2 Å². The van der Waals surface area contributed by atoms with Crippen molar-refractivity contribution in [2.24, 2.45) is 0 Å². The van der Waals surface area contributed by atoms with Gasteiger partial charge in [-0.15, -0.1) is 6.42 Å². The van der Waals surface area contributed by atoms with E-state index in [0.29, 0.717) is 5.75 Å². The Morgan fingerprint density at radius 2 is 1.79 bits per heavy atom. The summed E-state index contributed by atoms with van der Waals surface area (Å²) >= 11 is 5.24. The third kappa shape index (κ3) is 5.45. The van der Waals surface area contributed by atoms with E-state index in [1.54, 1.807) is 39.8 Å². The first-order chi connectivity index (χ1) is 13.6. The number of ether oxygens (including phenoxy) is 6. The average molecular weight is 422 g/mol. The van der Waals surface area contributed by atoms with Gasteiger partial charge in [-0.2, -0.15) is 0 Å². The summed E-state index contributed by atoms with van der Waals surface area (Å²) in [5, 5.41) is 10.2. The van der Waals surface area contributed by atoms with Crippen LogP contribution in [-0.4, -0.2) is 59.0 Å². The van der Waals surface area contributed by atoms with E-state index in [1.807, 2.05) is 18.2 Å². The molecule has 2 aliphatic heterocycles. The number of aliphatic hydroxyl groups is 1. The van der Waals surface area contributed by atoms with Crippen LogP contribution >= 0.6 is 12.2 Å². The first-order valence-electron chi connectivity index (χ1n) is 9.35. The van der Waals surface area contributed by atoms with Crippen LogP contribution in [0.2, 0.25) is 0 Å². The number of rotatable bonds is 4. The number of para-hydroxylation sites is 1. The molecule has 1 aromatic rings. The van der Waals surface area contributed by atoms with Crippen molar-refractivity contribution < 1.29 is 33.5 Å². The summed E-state index contributed by atoms with van der Waals surface area (Å²) in [5.74, 6) is 0.997. The van der Waals surface area contributed by atoms with E-state index in [2.05, 4.69) is 5.92 Å². The largest absolute Gasteiger partial charge is 0.448 e. The van der Waals surface area contributed by atoms with Gasteiger partial charge in [0.1, 0.15) is 30.2 Å². The Morgan fingerprint density at radius 3 is 2.45 bits per heavy atom. The molecule has 0 saturated carbocycles. The predicted molar refractivity (Wildman–Crippen MR) is 108 cm³/mol. The zero-order valence-electron chi connectivity index (χ0n) is 16.9. The van der Waals surface area contributed by atoms with E-state index in [9.17, 15) is 5.11 Å². The lowest BCUT2D eigenvalue weighted by Crippen LogP contribution is -2.58. The fourth-order valence-corrected chi connectivity index (χ4v) is 3.56. The first-order valence-corrected chi connectivity index (χ1v) is 9.76. The standard InChI is InChI=1S/C21H26O7S/c1-6-14(22)16-18(28-21(4,5)26-16)17-15(12-23-20(2,3)27-17)25-19(29)24-13-10-8-7-9-11-13/h1,7-11,14-18,22H,12H2,2-5H3/t14?,15-,16-,17-,18-/m1/s1. The van der Waals surface area contributed by atoms with Crippen LogP contribution in [0.15, 0.2) is 30.3 Å². The van der Waals surface area contributed by atoms with Crippen LogP contribution < -0.4 is 4.74 Å². The molecule has 2 saturated heterocycles. The molecule has 2 aliphatic rings. The average Bonchev–Trinajstić information content (AvgIpc) is 2.98. The van der Waals surface area contributed by atoms with Gasteiger partial charge >= 0.3 is 5.24 Å². The maximum Gasteiger partial charge on any atom is 0.358 e. The Kier molecular flexibility index (Phi) is 6.48. The Bertz CT molecular complexity index is 758. The smallest absolute Gasteiger partial charge is 0.358 e. The lowest BCUT2D eigenvalue weighted by molar-refractivity contribution is -0.321. The molecule has 0 amide bonds. The molecule has 0 bridgehead atoms. The SMILES string of the molecule is C#CC(O)[C@H]1OC(C)(C)O[C@H]1[C@@H]1OC(C)(C)OC[C@H]1OC(=S)Oc1ccccc1. The van der Waals surface area contributed by atoms with Crippen LogP contribution in [0.4, 0.5) is 0 Å². The van der Waals surface area contributed by atoms with Gasteiger partial charge in [-0.1, -0.05) is 24.1 Å². The molecule has 8 heteroatoms. The van der Waals surface area contributed by atoms with Gasteiger partial charge < -0.3 is 33.5 Å². The number of hydrogen-bond donors (Lipinski definition) is 1. The fourth-order valence-electron chi connectivity index (χ4n) is 3.34. The van der Waals surface area contributed by atoms with Crippen molar-refractivity contribution >= 4 is 17.5 Å². The molecule has 3 rings (SSSR count). The Labute approximate surface area is 176 Å². The number of benzene rings is 1. The molecule has 1 unspecified atom stereocenters. The molecular formula is C21H26O7S. The Morgan fingerprint density at radius 1 is 1.14 bits per heavy atom. The van der Waals surface area contributed by atoms with Gasteiger partial charge in [0.25, 0.3) is 0 Å². The van der Waals surface area contributed by atoms with Gasteiger partial charge in [-0.25, -0.2) is 0 Å². The highest BCUT2D eigenvalue weighted by molar-refractivity contribution is 7.79. The Balaban J connectivity index is 1.78. The zero-order chi connectivity index (χ0) is 21.2. The third-order valence-electron chi connectivity index (χ3n) is 4.54. The summed E-state index contributed by atoms with van der Waals surface area (Å²) in [6, 6.07) is 9.05. The monoisotopic (exact) mass is 422 g/mol. The fraction of sp³-hybridized carbons (Fsp3) is 0.571. The molecule has 7 nitrogen and oxygen atoms in total. The second kappa shape index (κ2) is 8.56. The van der Waals surface area contributed by atoms with Gasteiger partial charge in [0.05, 0.1) is 6.61 Å². The van der Waals surface area contributed by atoms with Crippen molar-refractivity contribution in [1.29, 1.82) is 0 Å². The number of thiocarbonyl (C=S) groups is 1. The van der Waals surface area contributed by atoms with Crippen LogP contribution in [-0.2, 0) is 23.7 Å². The minimum Gasteiger partial charge on any atom is -0.448 e. The topological polar surface area (TPSA) is 75.6 Å². The lowest BCUT2D eigenvalue weighted by atomic mass is 9.98. The van der Waals surface area contributed by atoms with Crippen molar-refractivity contribution in [2.45, 2.75) is 69.8 Å². The zero-order valence-corrected chi connectivity index (χ0v) is 17.7. The van der Waals surface area contributed by atoms with E-state index in [4.69, 9.17) is 47.1 Å². The minimum absolute atomic E-state index is 0.0784. The van der Waals surface area contributed by atoms with E-state index in [-0.39, 0.29) is 11.8 Å². The summed E-state index contributed by atoms with van der Waals surface area (Å²) in [7, 11) is 0. The molecule has 1 aromatic carbocycles. The normalized spacial score (nSPS) is 31.4. The van der Waals surface area contributed by atoms with E-state index >= 15 is 0 Å². The molecule has 158 valence electrons. The molecule has 0 aliphatic carbocycles. The maximum absolute atomic E-state index is 10.3. The van der Waals surface area contributed by atoms with Crippen molar-refractivity contribution in [1.82, 2.24) is 0 Å². The Hall–Kier alpha value is -1.73. The van der Waals surface area contributed by atoms with E-state index in [1.165, 1.54) is 0 Å². The van der Waals surface area contributed by atoms with Crippen LogP contribution in [0.5, 0.6) is 5.75 Å². The molecule has 0 spiro atoms.